The Bertz CT molecular complexity index is 52.9. The highest BCUT2D eigenvalue weighted by molar-refractivity contribution is 4.43. The van der Waals surface area contributed by atoms with Gasteiger partial charge in [-0.1, -0.05) is 13.3 Å². The van der Waals surface area contributed by atoms with Gasteiger partial charge in [0.2, 0.25) is 0 Å². The quantitative estimate of drug-likeness (QED) is 0.518. The minimum atomic E-state index is -0.588. The molecule has 54 valence electrons. The lowest BCUT2D eigenvalue weighted by molar-refractivity contribution is 0.00720. The first-order valence-corrected chi connectivity index (χ1v) is 3.30. The number of rotatable bonds is 5. The van der Waals surface area contributed by atoms with E-state index in [2.05, 4.69) is 6.92 Å². The predicted molar refractivity (Wildman–Crippen MR) is 35.6 cm³/mol. The van der Waals surface area contributed by atoms with Crippen LogP contribution in [0, 0.1) is 6.92 Å². The van der Waals surface area contributed by atoms with E-state index >= 15 is 0 Å². The summed E-state index contributed by atoms with van der Waals surface area (Å²) in [5, 5.41) is 10.3. The average Bonchev–Trinajstić information content (AvgIpc) is 1.80. The van der Waals surface area contributed by atoms with E-state index in [1.165, 1.54) is 0 Å². The van der Waals surface area contributed by atoms with Gasteiger partial charge >= 0.3 is 0 Å². The molecule has 2 nitrogen and oxygen atoms in total. The molecular weight excluding hydrogens is 116 g/mol. The maximum absolute atomic E-state index is 10.3. The Hall–Kier alpha value is -0.0800. The maximum Gasteiger partial charge on any atom is 0.113 e. The van der Waals surface area contributed by atoms with Crippen LogP contribution in [0.15, 0.2) is 0 Å². The summed E-state index contributed by atoms with van der Waals surface area (Å²) in [6, 6.07) is 0. The summed E-state index contributed by atoms with van der Waals surface area (Å²) < 4.78 is 4.98. The second-order valence-electron chi connectivity index (χ2n) is 2.09. The SMILES string of the molecule is [CH2]CCCOCC(C)[O]. The molecule has 2 heteroatoms. The van der Waals surface area contributed by atoms with Crippen molar-refractivity contribution in [3.8, 4) is 0 Å². The lowest BCUT2D eigenvalue weighted by Gasteiger charge is -2.02. The first-order valence-electron chi connectivity index (χ1n) is 3.30. The van der Waals surface area contributed by atoms with Gasteiger partial charge in [-0.25, -0.2) is 5.11 Å². The molecule has 0 saturated carbocycles. The fourth-order valence-corrected chi connectivity index (χ4v) is 0.453. The van der Waals surface area contributed by atoms with Gasteiger partial charge in [0.05, 0.1) is 6.61 Å². The van der Waals surface area contributed by atoms with Gasteiger partial charge < -0.3 is 4.74 Å². The topological polar surface area (TPSA) is 29.1 Å². The van der Waals surface area contributed by atoms with E-state index in [9.17, 15) is 5.11 Å². The van der Waals surface area contributed by atoms with Gasteiger partial charge in [0, 0.05) is 6.61 Å². The van der Waals surface area contributed by atoms with E-state index in [0.717, 1.165) is 12.8 Å². The number of unbranched alkanes of at least 4 members (excludes halogenated alkanes) is 1. The summed E-state index contributed by atoms with van der Waals surface area (Å²) in [6.45, 7) is 6.26. The van der Waals surface area contributed by atoms with Crippen LogP contribution >= 0.6 is 0 Å². The Kier molecular flexibility index (Phi) is 5.99. The first kappa shape index (κ1) is 8.92. The molecule has 1 atom stereocenters. The van der Waals surface area contributed by atoms with Gasteiger partial charge in [0.25, 0.3) is 0 Å². The maximum atomic E-state index is 10.3. The predicted octanol–water partition coefficient (Wildman–Crippen LogP) is 1.44. The van der Waals surface area contributed by atoms with E-state index in [1.807, 2.05) is 0 Å². The molecule has 0 aromatic carbocycles. The molecule has 0 fully saturated rings. The smallest absolute Gasteiger partial charge is 0.113 e. The molecule has 0 aliphatic heterocycles. The summed E-state index contributed by atoms with van der Waals surface area (Å²) in [5.74, 6) is 0. The molecule has 0 heterocycles. The molecule has 0 rings (SSSR count). The zero-order valence-corrected chi connectivity index (χ0v) is 5.93. The zero-order chi connectivity index (χ0) is 7.11. The summed E-state index contributed by atoms with van der Waals surface area (Å²) in [4.78, 5) is 0. The Labute approximate surface area is 56.8 Å². The molecule has 0 bridgehead atoms. The molecule has 0 aromatic heterocycles. The van der Waals surface area contributed by atoms with Crippen molar-refractivity contribution in [1.82, 2.24) is 0 Å². The van der Waals surface area contributed by atoms with Crippen LogP contribution in [-0.2, 0) is 9.84 Å². The summed E-state index contributed by atoms with van der Waals surface area (Å²) in [6.07, 6.45) is 1.25. The second kappa shape index (κ2) is 6.05. The van der Waals surface area contributed by atoms with Gasteiger partial charge in [-0.05, 0) is 13.3 Å². The molecule has 0 saturated heterocycles. The lowest BCUT2D eigenvalue weighted by Crippen LogP contribution is -2.09. The van der Waals surface area contributed by atoms with Crippen molar-refractivity contribution in [1.29, 1.82) is 0 Å². The fourth-order valence-electron chi connectivity index (χ4n) is 0.453. The molecule has 0 N–H and O–H groups in total. The van der Waals surface area contributed by atoms with Crippen LogP contribution in [0.3, 0.4) is 0 Å². The largest absolute Gasteiger partial charge is 0.379 e. The standard InChI is InChI=1S/C7H14O2/c1-3-4-5-9-6-7(2)8/h7H,1,3-6H2,2H3. The molecule has 0 aliphatic carbocycles. The van der Waals surface area contributed by atoms with E-state index in [4.69, 9.17) is 4.74 Å². The molecular formula is C7H14O2. The molecule has 0 aromatic rings. The van der Waals surface area contributed by atoms with Crippen molar-refractivity contribution >= 4 is 0 Å². The van der Waals surface area contributed by atoms with Gasteiger partial charge in [-0.3, -0.25) is 0 Å². The highest BCUT2D eigenvalue weighted by atomic mass is 16.5. The van der Waals surface area contributed by atoms with Crippen molar-refractivity contribution < 1.29 is 9.84 Å². The van der Waals surface area contributed by atoms with Gasteiger partial charge in [-0.15, -0.1) is 0 Å². The monoisotopic (exact) mass is 130 g/mol. The van der Waals surface area contributed by atoms with Crippen LogP contribution < -0.4 is 0 Å². The first-order chi connectivity index (χ1) is 4.27. The van der Waals surface area contributed by atoms with Crippen molar-refractivity contribution in [2.24, 2.45) is 0 Å². The van der Waals surface area contributed by atoms with Gasteiger partial charge in [0.1, 0.15) is 6.10 Å². The zero-order valence-electron chi connectivity index (χ0n) is 5.93. The Morgan fingerprint density at radius 2 is 2.33 bits per heavy atom. The van der Waals surface area contributed by atoms with Crippen LogP contribution in [-0.4, -0.2) is 19.3 Å². The Morgan fingerprint density at radius 1 is 1.67 bits per heavy atom. The third kappa shape index (κ3) is 7.92. The molecule has 0 aliphatic rings. The van der Waals surface area contributed by atoms with E-state index < -0.39 is 6.10 Å². The second-order valence-corrected chi connectivity index (χ2v) is 2.09. The van der Waals surface area contributed by atoms with E-state index in [-0.39, 0.29) is 0 Å². The molecule has 2 radical (unpaired) electrons. The minimum Gasteiger partial charge on any atom is -0.379 e. The van der Waals surface area contributed by atoms with Crippen LogP contribution in [0.2, 0.25) is 0 Å². The van der Waals surface area contributed by atoms with Gasteiger partial charge in [-0.2, -0.15) is 0 Å². The van der Waals surface area contributed by atoms with Crippen LogP contribution in [0.4, 0.5) is 0 Å². The number of ether oxygens (including phenoxy) is 1. The normalized spacial score (nSPS) is 13.7. The van der Waals surface area contributed by atoms with E-state index in [0.29, 0.717) is 13.2 Å². The van der Waals surface area contributed by atoms with Crippen molar-refractivity contribution in [2.75, 3.05) is 13.2 Å². The van der Waals surface area contributed by atoms with Crippen molar-refractivity contribution in [3.63, 3.8) is 0 Å². The number of hydrogen-bond donors (Lipinski definition) is 0. The Balaban J connectivity index is 2.75. The molecule has 1 unspecified atom stereocenters. The third-order valence-electron chi connectivity index (χ3n) is 0.891. The molecule has 9 heavy (non-hydrogen) atoms. The number of hydrogen-bond acceptors (Lipinski definition) is 1. The van der Waals surface area contributed by atoms with Gasteiger partial charge in [0.15, 0.2) is 0 Å². The average molecular weight is 130 g/mol. The fraction of sp³-hybridized carbons (Fsp3) is 0.857. The van der Waals surface area contributed by atoms with Crippen LogP contribution in [0.5, 0.6) is 0 Å². The highest BCUT2D eigenvalue weighted by Crippen LogP contribution is 1.89. The third-order valence-corrected chi connectivity index (χ3v) is 0.891. The van der Waals surface area contributed by atoms with Crippen LogP contribution in [0.1, 0.15) is 19.8 Å². The molecule has 0 amide bonds. The minimum absolute atomic E-state index is 0.333. The summed E-state index contributed by atoms with van der Waals surface area (Å²) in [7, 11) is 0. The highest BCUT2D eigenvalue weighted by Gasteiger charge is 1.94. The lowest BCUT2D eigenvalue weighted by atomic mass is 10.4. The van der Waals surface area contributed by atoms with Crippen molar-refractivity contribution in [2.45, 2.75) is 25.9 Å². The molecule has 0 spiro atoms. The van der Waals surface area contributed by atoms with Crippen molar-refractivity contribution in [3.05, 3.63) is 6.92 Å². The summed E-state index contributed by atoms with van der Waals surface area (Å²) in [5.41, 5.74) is 0. The van der Waals surface area contributed by atoms with E-state index in [1.54, 1.807) is 6.92 Å². The van der Waals surface area contributed by atoms with Crippen LogP contribution in [0.25, 0.3) is 0 Å². The summed E-state index contributed by atoms with van der Waals surface area (Å²) >= 11 is 0. The Morgan fingerprint density at radius 3 is 2.78 bits per heavy atom.